The molecule has 2 aromatic rings. The number of alkyl carbamates (subject to hydrolysis) is 1. The van der Waals surface area contributed by atoms with Crippen molar-refractivity contribution in [1.82, 2.24) is 5.32 Å². The zero-order valence-corrected chi connectivity index (χ0v) is 16.1. The van der Waals surface area contributed by atoms with E-state index in [1.165, 1.54) is 23.8 Å². The smallest absolute Gasteiger partial charge is 0.406 e. The van der Waals surface area contributed by atoms with Crippen LogP contribution in [-0.2, 0) is 17.6 Å². The van der Waals surface area contributed by atoms with Gasteiger partial charge in [0.1, 0.15) is 5.75 Å². The number of hydrogen-bond acceptors (Lipinski definition) is 3. The maximum atomic E-state index is 11.2. The predicted octanol–water partition coefficient (Wildman–Crippen LogP) is 4.86. The Labute approximate surface area is 161 Å². The van der Waals surface area contributed by atoms with Crippen LogP contribution in [0.25, 0.3) is 0 Å². The molecule has 0 heterocycles. The van der Waals surface area contributed by atoms with E-state index < -0.39 is 0 Å². The molecular formula is C23H29NO3. The molecule has 3 rings (SSSR count). The molecule has 1 amide bonds. The standard InChI is InChI=1S/C23H29NO3/c1-26-23(25)24-15-14-20-11-10-19-12-13-21(17-22(19)20)27-16-6-5-9-18-7-3-2-4-8-18/h2-4,7-8,12-13,17,20H,5-6,9-11,14-16H2,1H3,(H,24,25). The second-order valence-electron chi connectivity index (χ2n) is 7.09. The molecule has 0 spiro atoms. The van der Waals surface area contributed by atoms with Gasteiger partial charge in [-0.05, 0) is 73.3 Å². The Morgan fingerprint density at radius 1 is 1.15 bits per heavy atom. The van der Waals surface area contributed by atoms with Crippen LogP contribution in [0.2, 0.25) is 0 Å². The molecule has 0 radical (unpaired) electrons. The Kier molecular flexibility index (Phi) is 7.14. The van der Waals surface area contributed by atoms with Gasteiger partial charge in [-0.1, -0.05) is 36.4 Å². The van der Waals surface area contributed by atoms with Gasteiger partial charge < -0.3 is 14.8 Å². The van der Waals surface area contributed by atoms with Gasteiger partial charge in [0.2, 0.25) is 0 Å². The third-order valence-electron chi connectivity index (χ3n) is 5.24. The Morgan fingerprint density at radius 2 is 2.00 bits per heavy atom. The number of hydrogen-bond donors (Lipinski definition) is 1. The van der Waals surface area contributed by atoms with E-state index >= 15 is 0 Å². The summed E-state index contributed by atoms with van der Waals surface area (Å²) < 4.78 is 10.6. The fourth-order valence-electron chi connectivity index (χ4n) is 3.74. The van der Waals surface area contributed by atoms with Crippen molar-refractivity contribution in [3.05, 3.63) is 65.2 Å². The highest BCUT2D eigenvalue weighted by molar-refractivity contribution is 5.66. The molecule has 1 aliphatic carbocycles. The minimum atomic E-state index is -0.360. The largest absolute Gasteiger partial charge is 0.494 e. The predicted molar refractivity (Wildman–Crippen MR) is 107 cm³/mol. The molecule has 4 heteroatoms. The lowest BCUT2D eigenvalue weighted by atomic mass is 9.97. The van der Waals surface area contributed by atoms with E-state index in [-0.39, 0.29) is 6.09 Å². The van der Waals surface area contributed by atoms with Crippen LogP contribution < -0.4 is 10.1 Å². The summed E-state index contributed by atoms with van der Waals surface area (Å²) in [6.07, 6.45) is 6.11. The third kappa shape index (κ3) is 5.75. The number of aryl methyl sites for hydroxylation is 2. The summed E-state index contributed by atoms with van der Waals surface area (Å²) in [6, 6.07) is 17.1. The van der Waals surface area contributed by atoms with Gasteiger partial charge in [0, 0.05) is 6.54 Å². The number of unbranched alkanes of at least 4 members (excludes halogenated alkanes) is 1. The van der Waals surface area contributed by atoms with Crippen LogP contribution >= 0.6 is 0 Å². The van der Waals surface area contributed by atoms with Gasteiger partial charge in [0.05, 0.1) is 13.7 Å². The molecule has 0 bridgehead atoms. The Morgan fingerprint density at radius 3 is 2.81 bits per heavy atom. The number of ether oxygens (including phenoxy) is 2. The fourth-order valence-corrected chi connectivity index (χ4v) is 3.74. The molecule has 0 fully saturated rings. The van der Waals surface area contributed by atoms with Gasteiger partial charge in [-0.15, -0.1) is 0 Å². The molecule has 4 nitrogen and oxygen atoms in total. The van der Waals surface area contributed by atoms with Crippen LogP contribution in [0.15, 0.2) is 48.5 Å². The van der Waals surface area contributed by atoms with Crippen molar-refractivity contribution >= 4 is 6.09 Å². The van der Waals surface area contributed by atoms with Crippen molar-refractivity contribution in [3.63, 3.8) is 0 Å². The zero-order chi connectivity index (χ0) is 18.9. The molecule has 0 saturated heterocycles. The van der Waals surface area contributed by atoms with Crippen molar-refractivity contribution < 1.29 is 14.3 Å². The topological polar surface area (TPSA) is 47.6 Å². The minimum Gasteiger partial charge on any atom is -0.494 e. The van der Waals surface area contributed by atoms with E-state index in [1.807, 2.05) is 0 Å². The second-order valence-corrected chi connectivity index (χ2v) is 7.09. The SMILES string of the molecule is COC(=O)NCCC1CCc2ccc(OCCCCc3ccccc3)cc21. The number of carbonyl (C=O) groups excluding carboxylic acids is 1. The molecule has 1 atom stereocenters. The van der Waals surface area contributed by atoms with Crippen LogP contribution in [0.3, 0.4) is 0 Å². The normalized spacial score (nSPS) is 15.2. The van der Waals surface area contributed by atoms with E-state index in [1.54, 1.807) is 0 Å². The van der Waals surface area contributed by atoms with Crippen molar-refractivity contribution in [2.75, 3.05) is 20.3 Å². The summed E-state index contributed by atoms with van der Waals surface area (Å²) >= 11 is 0. The van der Waals surface area contributed by atoms with E-state index in [9.17, 15) is 4.79 Å². The molecule has 27 heavy (non-hydrogen) atoms. The lowest BCUT2D eigenvalue weighted by Crippen LogP contribution is -2.25. The van der Waals surface area contributed by atoms with Gasteiger partial charge in [0.15, 0.2) is 0 Å². The maximum Gasteiger partial charge on any atom is 0.406 e. The van der Waals surface area contributed by atoms with Crippen LogP contribution in [-0.4, -0.2) is 26.4 Å². The molecule has 0 aromatic heterocycles. The summed E-state index contributed by atoms with van der Waals surface area (Å²) in [4.78, 5) is 11.2. The lowest BCUT2D eigenvalue weighted by Gasteiger charge is -2.14. The van der Waals surface area contributed by atoms with Gasteiger partial charge >= 0.3 is 6.09 Å². The molecule has 0 aliphatic heterocycles. The van der Waals surface area contributed by atoms with Crippen molar-refractivity contribution in [3.8, 4) is 5.75 Å². The van der Waals surface area contributed by atoms with E-state index in [2.05, 4.69) is 58.6 Å². The summed E-state index contributed by atoms with van der Waals surface area (Å²) in [5.74, 6) is 1.44. The Bertz CT molecular complexity index is 730. The molecule has 1 aliphatic rings. The average molecular weight is 367 g/mol. The first-order chi connectivity index (χ1) is 13.3. The van der Waals surface area contributed by atoms with Gasteiger partial charge in [-0.3, -0.25) is 0 Å². The van der Waals surface area contributed by atoms with Crippen molar-refractivity contribution in [2.24, 2.45) is 0 Å². The average Bonchev–Trinajstić information content (AvgIpc) is 3.11. The first-order valence-electron chi connectivity index (χ1n) is 9.87. The summed E-state index contributed by atoms with van der Waals surface area (Å²) in [5, 5.41) is 2.77. The second kappa shape index (κ2) is 10.0. The first kappa shape index (κ1) is 19.3. The molecule has 1 N–H and O–H groups in total. The van der Waals surface area contributed by atoms with Crippen molar-refractivity contribution in [1.29, 1.82) is 0 Å². The number of rotatable bonds is 9. The quantitative estimate of drug-likeness (QED) is 0.644. The maximum absolute atomic E-state index is 11.2. The molecule has 0 saturated carbocycles. The monoisotopic (exact) mass is 367 g/mol. The van der Waals surface area contributed by atoms with Crippen LogP contribution in [0.4, 0.5) is 4.79 Å². The van der Waals surface area contributed by atoms with Gasteiger partial charge in [-0.25, -0.2) is 4.79 Å². The number of benzene rings is 2. The van der Waals surface area contributed by atoms with E-state index in [0.717, 1.165) is 50.9 Å². The highest BCUT2D eigenvalue weighted by Gasteiger charge is 2.22. The van der Waals surface area contributed by atoms with E-state index in [0.29, 0.717) is 12.5 Å². The van der Waals surface area contributed by atoms with Crippen LogP contribution in [0, 0.1) is 0 Å². The summed E-state index contributed by atoms with van der Waals surface area (Å²) in [5.41, 5.74) is 4.18. The van der Waals surface area contributed by atoms with Gasteiger partial charge in [0.25, 0.3) is 0 Å². The molecule has 2 aromatic carbocycles. The molecule has 1 unspecified atom stereocenters. The number of carbonyl (C=O) groups is 1. The van der Waals surface area contributed by atoms with Crippen LogP contribution in [0.1, 0.15) is 48.3 Å². The minimum absolute atomic E-state index is 0.360. The number of nitrogens with one attached hydrogen (secondary N) is 1. The number of amides is 1. The van der Waals surface area contributed by atoms with Crippen molar-refractivity contribution in [2.45, 2.75) is 44.4 Å². The molecular weight excluding hydrogens is 338 g/mol. The Hall–Kier alpha value is -2.49. The third-order valence-corrected chi connectivity index (χ3v) is 5.24. The summed E-state index contributed by atoms with van der Waals surface area (Å²) in [6.45, 7) is 1.39. The van der Waals surface area contributed by atoms with Crippen LogP contribution in [0.5, 0.6) is 5.75 Å². The Balaban J connectivity index is 1.43. The highest BCUT2D eigenvalue weighted by atomic mass is 16.5. The highest BCUT2D eigenvalue weighted by Crippen LogP contribution is 2.37. The van der Waals surface area contributed by atoms with Gasteiger partial charge in [-0.2, -0.15) is 0 Å². The number of fused-ring (bicyclic) bond motifs is 1. The number of methoxy groups -OCH3 is 1. The summed E-state index contributed by atoms with van der Waals surface area (Å²) in [7, 11) is 1.39. The molecule has 144 valence electrons. The van der Waals surface area contributed by atoms with E-state index in [4.69, 9.17) is 4.74 Å². The zero-order valence-electron chi connectivity index (χ0n) is 16.1. The first-order valence-corrected chi connectivity index (χ1v) is 9.87. The lowest BCUT2D eigenvalue weighted by molar-refractivity contribution is 0.170. The fraction of sp³-hybridized carbons (Fsp3) is 0.435.